The Labute approximate surface area is 120 Å². The summed E-state index contributed by atoms with van der Waals surface area (Å²) >= 11 is 0. The number of anilines is 1. The number of urea groups is 1. The van der Waals surface area contributed by atoms with E-state index in [4.69, 9.17) is 4.74 Å². The van der Waals surface area contributed by atoms with E-state index in [0.717, 1.165) is 31.7 Å². The SMILES string of the molecule is Cc1ccc(NC(=O)NCC[C@@H]2CCCOC2)cc1C. The summed E-state index contributed by atoms with van der Waals surface area (Å²) in [5, 5.41) is 5.77. The topological polar surface area (TPSA) is 50.4 Å². The Balaban J connectivity index is 1.70. The van der Waals surface area contributed by atoms with Gasteiger partial charge < -0.3 is 15.4 Å². The molecule has 1 fully saturated rings. The Bertz CT molecular complexity index is 454. The minimum atomic E-state index is -0.134. The zero-order valence-electron chi connectivity index (χ0n) is 12.4. The molecule has 1 aliphatic rings. The largest absolute Gasteiger partial charge is 0.381 e. The molecular weight excluding hydrogens is 252 g/mol. The van der Waals surface area contributed by atoms with Gasteiger partial charge in [-0.15, -0.1) is 0 Å². The summed E-state index contributed by atoms with van der Waals surface area (Å²) < 4.78 is 5.43. The molecule has 0 radical (unpaired) electrons. The molecule has 2 rings (SSSR count). The molecule has 4 heteroatoms. The van der Waals surface area contributed by atoms with Gasteiger partial charge >= 0.3 is 6.03 Å². The summed E-state index contributed by atoms with van der Waals surface area (Å²) in [7, 11) is 0. The molecule has 1 aromatic carbocycles. The third-order valence-corrected chi connectivity index (χ3v) is 3.86. The van der Waals surface area contributed by atoms with E-state index in [0.29, 0.717) is 12.5 Å². The van der Waals surface area contributed by atoms with Crippen molar-refractivity contribution in [2.45, 2.75) is 33.1 Å². The van der Waals surface area contributed by atoms with Crippen molar-refractivity contribution >= 4 is 11.7 Å². The number of amides is 2. The van der Waals surface area contributed by atoms with E-state index >= 15 is 0 Å². The van der Waals surface area contributed by atoms with Gasteiger partial charge in [-0.1, -0.05) is 6.07 Å². The average Bonchev–Trinajstić information content (AvgIpc) is 2.44. The normalized spacial score (nSPS) is 18.6. The molecule has 4 nitrogen and oxygen atoms in total. The summed E-state index contributed by atoms with van der Waals surface area (Å²) in [5.74, 6) is 0.589. The van der Waals surface area contributed by atoms with Gasteiger partial charge in [0, 0.05) is 25.4 Å². The van der Waals surface area contributed by atoms with E-state index in [9.17, 15) is 4.79 Å². The fourth-order valence-corrected chi connectivity index (χ4v) is 2.42. The average molecular weight is 276 g/mol. The van der Waals surface area contributed by atoms with Gasteiger partial charge in [0.15, 0.2) is 0 Å². The molecule has 0 spiro atoms. The van der Waals surface area contributed by atoms with Gasteiger partial charge in [-0.05, 0) is 62.3 Å². The maximum Gasteiger partial charge on any atom is 0.319 e. The molecule has 0 unspecified atom stereocenters. The Hall–Kier alpha value is -1.55. The summed E-state index contributed by atoms with van der Waals surface area (Å²) in [6, 6.07) is 5.80. The van der Waals surface area contributed by atoms with Crippen molar-refractivity contribution in [2.24, 2.45) is 5.92 Å². The number of nitrogens with one attached hydrogen (secondary N) is 2. The van der Waals surface area contributed by atoms with Crippen LogP contribution < -0.4 is 10.6 Å². The highest BCUT2D eigenvalue weighted by atomic mass is 16.5. The van der Waals surface area contributed by atoms with Crippen LogP contribution in [0.3, 0.4) is 0 Å². The van der Waals surface area contributed by atoms with Gasteiger partial charge in [0.05, 0.1) is 0 Å². The quantitative estimate of drug-likeness (QED) is 0.887. The highest BCUT2D eigenvalue weighted by Gasteiger charge is 2.13. The molecule has 0 saturated carbocycles. The molecule has 0 aliphatic carbocycles. The summed E-state index contributed by atoms with van der Waals surface area (Å²) in [6.07, 6.45) is 3.33. The standard InChI is InChI=1S/C16H24N2O2/c1-12-5-6-15(10-13(12)2)18-16(19)17-8-7-14-4-3-9-20-11-14/h5-6,10,14H,3-4,7-9,11H2,1-2H3,(H2,17,18,19)/t14-/m0/s1. The van der Waals surface area contributed by atoms with Crippen molar-refractivity contribution < 1.29 is 9.53 Å². The maximum atomic E-state index is 11.8. The second-order valence-corrected chi connectivity index (χ2v) is 5.55. The lowest BCUT2D eigenvalue weighted by Gasteiger charge is -2.21. The van der Waals surface area contributed by atoms with Crippen molar-refractivity contribution in [2.75, 3.05) is 25.1 Å². The van der Waals surface area contributed by atoms with Crippen LogP contribution in [0.15, 0.2) is 18.2 Å². The smallest absolute Gasteiger partial charge is 0.319 e. The number of rotatable bonds is 4. The van der Waals surface area contributed by atoms with Crippen LogP contribution in [0.25, 0.3) is 0 Å². The van der Waals surface area contributed by atoms with E-state index in [2.05, 4.69) is 17.6 Å². The predicted molar refractivity (Wildman–Crippen MR) is 81.1 cm³/mol. The van der Waals surface area contributed by atoms with Crippen molar-refractivity contribution in [3.63, 3.8) is 0 Å². The number of benzene rings is 1. The Morgan fingerprint density at radius 3 is 2.90 bits per heavy atom. The van der Waals surface area contributed by atoms with Crippen molar-refractivity contribution in [3.05, 3.63) is 29.3 Å². The van der Waals surface area contributed by atoms with Gasteiger partial charge in [0.1, 0.15) is 0 Å². The first-order valence-electron chi connectivity index (χ1n) is 7.35. The Morgan fingerprint density at radius 1 is 1.35 bits per heavy atom. The first-order chi connectivity index (χ1) is 9.65. The van der Waals surface area contributed by atoms with Gasteiger partial charge in [-0.3, -0.25) is 0 Å². The molecule has 20 heavy (non-hydrogen) atoms. The highest BCUT2D eigenvalue weighted by molar-refractivity contribution is 5.89. The number of aryl methyl sites for hydroxylation is 2. The molecule has 1 aromatic rings. The van der Waals surface area contributed by atoms with Crippen LogP contribution in [-0.4, -0.2) is 25.8 Å². The monoisotopic (exact) mass is 276 g/mol. The molecule has 1 saturated heterocycles. The minimum absolute atomic E-state index is 0.134. The van der Waals surface area contributed by atoms with Crippen molar-refractivity contribution in [1.82, 2.24) is 5.32 Å². The number of ether oxygens (including phenoxy) is 1. The lowest BCUT2D eigenvalue weighted by Crippen LogP contribution is -2.31. The van der Waals surface area contributed by atoms with E-state index in [1.54, 1.807) is 0 Å². The van der Waals surface area contributed by atoms with Gasteiger partial charge in [0.25, 0.3) is 0 Å². The summed E-state index contributed by atoms with van der Waals surface area (Å²) in [6.45, 7) is 6.52. The van der Waals surface area contributed by atoms with Crippen LogP contribution >= 0.6 is 0 Å². The molecule has 2 amide bonds. The number of hydrogen-bond donors (Lipinski definition) is 2. The second-order valence-electron chi connectivity index (χ2n) is 5.55. The molecule has 2 N–H and O–H groups in total. The lowest BCUT2D eigenvalue weighted by molar-refractivity contribution is 0.0520. The fourth-order valence-electron chi connectivity index (χ4n) is 2.42. The Morgan fingerprint density at radius 2 is 2.20 bits per heavy atom. The molecule has 0 aromatic heterocycles. The van der Waals surface area contributed by atoms with Gasteiger partial charge in [0.2, 0.25) is 0 Å². The molecular formula is C16H24N2O2. The minimum Gasteiger partial charge on any atom is -0.381 e. The maximum absolute atomic E-state index is 11.8. The third-order valence-electron chi connectivity index (χ3n) is 3.86. The molecule has 1 heterocycles. The number of carbonyl (C=O) groups is 1. The molecule has 0 bridgehead atoms. The number of hydrogen-bond acceptors (Lipinski definition) is 2. The third kappa shape index (κ3) is 4.53. The van der Waals surface area contributed by atoms with Crippen molar-refractivity contribution in [3.8, 4) is 0 Å². The van der Waals surface area contributed by atoms with E-state index in [-0.39, 0.29) is 6.03 Å². The van der Waals surface area contributed by atoms with Crippen molar-refractivity contribution in [1.29, 1.82) is 0 Å². The zero-order chi connectivity index (χ0) is 14.4. The Kier molecular flexibility index (Phi) is 5.41. The molecule has 1 aliphatic heterocycles. The molecule has 110 valence electrons. The lowest BCUT2D eigenvalue weighted by atomic mass is 9.99. The molecule has 1 atom stereocenters. The van der Waals surface area contributed by atoms with Crippen LogP contribution in [0.5, 0.6) is 0 Å². The van der Waals surface area contributed by atoms with Crippen LogP contribution in [-0.2, 0) is 4.74 Å². The first kappa shape index (κ1) is 14.9. The fraction of sp³-hybridized carbons (Fsp3) is 0.562. The van der Waals surface area contributed by atoms with E-state index < -0.39 is 0 Å². The second kappa shape index (κ2) is 7.29. The van der Waals surface area contributed by atoms with Crippen LogP contribution in [0.4, 0.5) is 10.5 Å². The van der Waals surface area contributed by atoms with Crippen LogP contribution in [0.1, 0.15) is 30.4 Å². The van der Waals surface area contributed by atoms with E-state index in [1.807, 2.05) is 25.1 Å². The van der Waals surface area contributed by atoms with Crippen LogP contribution in [0.2, 0.25) is 0 Å². The number of carbonyl (C=O) groups excluding carboxylic acids is 1. The summed E-state index contributed by atoms with van der Waals surface area (Å²) in [4.78, 5) is 11.8. The van der Waals surface area contributed by atoms with Gasteiger partial charge in [-0.2, -0.15) is 0 Å². The highest BCUT2D eigenvalue weighted by Crippen LogP contribution is 2.16. The van der Waals surface area contributed by atoms with Crippen LogP contribution in [0, 0.1) is 19.8 Å². The zero-order valence-corrected chi connectivity index (χ0v) is 12.4. The van der Waals surface area contributed by atoms with Gasteiger partial charge in [-0.25, -0.2) is 4.79 Å². The summed E-state index contributed by atoms with van der Waals surface area (Å²) in [5.41, 5.74) is 3.25. The van der Waals surface area contributed by atoms with E-state index in [1.165, 1.54) is 17.5 Å². The first-order valence-corrected chi connectivity index (χ1v) is 7.35. The predicted octanol–water partition coefficient (Wildman–Crippen LogP) is 3.24.